The highest BCUT2D eigenvalue weighted by Gasteiger charge is 2.49. The van der Waals surface area contributed by atoms with Crippen molar-refractivity contribution in [3.8, 4) is 5.75 Å². The van der Waals surface area contributed by atoms with Crippen LogP contribution in [-0.4, -0.2) is 35.2 Å². The molecule has 0 radical (unpaired) electrons. The van der Waals surface area contributed by atoms with Gasteiger partial charge in [-0.05, 0) is 48.6 Å². The van der Waals surface area contributed by atoms with Crippen LogP contribution in [0.1, 0.15) is 49.3 Å². The van der Waals surface area contributed by atoms with E-state index in [0.717, 1.165) is 42.6 Å². The van der Waals surface area contributed by atoms with E-state index >= 15 is 0 Å². The molecule has 0 aromatic heterocycles. The third-order valence-electron chi connectivity index (χ3n) is 6.53. The molecule has 2 aromatic carbocycles. The Hall–Kier alpha value is -2.59. The van der Waals surface area contributed by atoms with Crippen LogP contribution in [0, 0.1) is 5.92 Å². The number of carbonyl (C=O) groups is 1. The van der Waals surface area contributed by atoms with Crippen molar-refractivity contribution < 1.29 is 14.6 Å². The molecule has 4 rings (SSSR count). The molecule has 1 saturated heterocycles. The van der Waals surface area contributed by atoms with Crippen molar-refractivity contribution in [1.82, 2.24) is 4.90 Å². The summed E-state index contributed by atoms with van der Waals surface area (Å²) in [5, 5.41) is 11.4. The van der Waals surface area contributed by atoms with Crippen molar-refractivity contribution in [3.05, 3.63) is 71.8 Å². The average Bonchev–Trinajstić information content (AvgIpc) is 2.77. The van der Waals surface area contributed by atoms with Crippen molar-refractivity contribution in [2.75, 3.05) is 13.7 Å². The van der Waals surface area contributed by atoms with E-state index < -0.39 is 5.60 Å². The van der Waals surface area contributed by atoms with Gasteiger partial charge < -0.3 is 14.7 Å². The first kappa shape index (κ1) is 19.7. The number of fused-ring (bicyclic) bond motifs is 1. The normalized spacial score (nSPS) is 26.9. The van der Waals surface area contributed by atoms with Crippen molar-refractivity contribution in [1.29, 1.82) is 0 Å². The Bertz CT molecular complexity index is 861. The topological polar surface area (TPSA) is 49.8 Å². The van der Waals surface area contributed by atoms with Gasteiger partial charge in [0.05, 0.1) is 18.8 Å². The molecule has 2 aliphatic rings. The van der Waals surface area contributed by atoms with Crippen LogP contribution in [0.15, 0.2) is 60.7 Å². The number of piperidine rings is 1. The maximum Gasteiger partial charge on any atom is 0.247 e. The maximum absolute atomic E-state index is 13.2. The zero-order valence-corrected chi connectivity index (χ0v) is 17.0. The largest absolute Gasteiger partial charge is 0.497 e. The van der Waals surface area contributed by atoms with Gasteiger partial charge >= 0.3 is 0 Å². The maximum atomic E-state index is 13.2. The van der Waals surface area contributed by atoms with Crippen molar-refractivity contribution in [2.24, 2.45) is 5.92 Å². The molecule has 0 unspecified atom stereocenters. The van der Waals surface area contributed by atoms with Gasteiger partial charge in [0.2, 0.25) is 5.91 Å². The van der Waals surface area contributed by atoms with Gasteiger partial charge in [0.25, 0.3) is 0 Å². The number of hydrogen-bond donors (Lipinski definition) is 1. The van der Waals surface area contributed by atoms with Crippen LogP contribution in [0.2, 0.25) is 0 Å². The van der Waals surface area contributed by atoms with E-state index in [4.69, 9.17) is 4.74 Å². The predicted molar refractivity (Wildman–Crippen MR) is 114 cm³/mol. The molecule has 29 heavy (non-hydrogen) atoms. The fourth-order valence-electron chi connectivity index (χ4n) is 4.97. The van der Waals surface area contributed by atoms with Gasteiger partial charge in [0.1, 0.15) is 5.75 Å². The Balaban J connectivity index is 1.65. The molecule has 3 atom stereocenters. The third-order valence-corrected chi connectivity index (χ3v) is 6.53. The van der Waals surface area contributed by atoms with Gasteiger partial charge in [0.15, 0.2) is 0 Å². The number of amides is 1. The van der Waals surface area contributed by atoms with Gasteiger partial charge in [-0.2, -0.15) is 0 Å². The highest BCUT2D eigenvalue weighted by Crippen LogP contribution is 2.49. The van der Waals surface area contributed by atoms with Crippen molar-refractivity contribution in [2.45, 2.75) is 43.7 Å². The second kappa shape index (κ2) is 8.42. The van der Waals surface area contributed by atoms with Crippen LogP contribution in [0.3, 0.4) is 0 Å². The Kier molecular flexibility index (Phi) is 5.72. The Labute approximate surface area is 172 Å². The summed E-state index contributed by atoms with van der Waals surface area (Å²) < 4.78 is 5.30. The minimum atomic E-state index is -0.678. The summed E-state index contributed by atoms with van der Waals surface area (Å²) in [4.78, 5) is 15.1. The summed E-state index contributed by atoms with van der Waals surface area (Å²) >= 11 is 0. The van der Waals surface area contributed by atoms with Crippen LogP contribution < -0.4 is 4.74 Å². The monoisotopic (exact) mass is 391 g/mol. The zero-order valence-electron chi connectivity index (χ0n) is 17.0. The molecule has 1 heterocycles. The average molecular weight is 392 g/mol. The van der Waals surface area contributed by atoms with Gasteiger partial charge in [-0.1, -0.05) is 55.3 Å². The highest BCUT2D eigenvalue weighted by atomic mass is 16.5. The Morgan fingerprint density at radius 3 is 2.59 bits per heavy atom. The molecular formula is C25H29NO3. The quantitative estimate of drug-likeness (QED) is 0.775. The van der Waals surface area contributed by atoms with E-state index in [-0.39, 0.29) is 17.9 Å². The summed E-state index contributed by atoms with van der Waals surface area (Å²) in [6, 6.07) is 17.7. The van der Waals surface area contributed by atoms with Crippen LogP contribution in [0.25, 0.3) is 6.08 Å². The lowest BCUT2D eigenvalue weighted by Gasteiger charge is -2.52. The van der Waals surface area contributed by atoms with E-state index in [0.29, 0.717) is 13.0 Å². The molecule has 1 aliphatic heterocycles. The molecule has 1 N–H and O–H groups in total. The van der Waals surface area contributed by atoms with Gasteiger partial charge in [-0.15, -0.1) is 0 Å². The zero-order chi connectivity index (χ0) is 20.3. The first-order valence-corrected chi connectivity index (χ1v) is 10.5. The van der Waals surface area contributed by atoms with Crippen molar-refractivity contribution in [3.63, 3.8) is 0 Å². The second-order valence-electron chi connectivity index (χ2n) is 8.20. The number of ether oxygens (including phenoxy) is 1. The van der Waals surface area contributed by atoms with Crippen LogP contribution in [-0.2, 0) is 4.79 Å². The Morgan fingerprint density at radius 1 is 1.10 bits per heavy atom. The summed E-state index contributed by atoms with van der Waals surface area (Å²) in [6.07, 6.45) is 8.11. The second-order valence-corrected chi connectivity index (χ2v) is 8.20. The number of carbonyl (C=O) groups excluding carboxylic acids is 1. The molecule has 2 aromatic rings. The number of hydrogen-bond acceptors (Lipinski definition) is 3. The first-order valence-electron chi connectivity index (χ1n) is 10.5. The molecule has 2 fully saturated rings. The molecular weight excluding hydrogens is 362 g/mol. The predicted octanol–water partition coefficient (Wildman–Crippen LogP) is 4.60. The summed E-state index contributed by atoms with van der Waals surface area (Å²) in [5.41, 5.74) is 1.40. The summed E-state index contributed by atoms with van der Waals surface area (Å²) in [6.45, 7) is 0.571. The number of methoxy groups -OCH3 is 1. The Morgan fingerprint density at radius 2 is 1.86 bits per heavy atom. The van der Waals surface area contributed by atoms with Gasteiger partial charge in [-0.25, -0.2) is 0 Å². The molecule has 1 aliphatic carbocycles. The molecule has 1 amide bonds. The fourth-order valence-corrected chi connectivity index (χ4v) is 4.97. The SMILES string of the molecule is COc1ccc([C@@H]2[C@H]3CCCC[C@]3(O)CCN2C(=O)/C=C/c2ccccc2)cc1. The summed E-state index contributed by atoms with van der Waals surface area (Å²) in [5.74, 6) is 0.861. The van der Waals surface area contributed by atoms with E-state index in [1.54, 1.807) is 13.2 Å². The molecule has 4 nitrogen and oxygen atoms in total. The van der Waals surface area contributed by atoms with Crippen molar-refractivity contribution >= 4 is 12.0 Å². The van der Waals surface area contributed by atoms with E-state index in [1.807, 2.05) is 65.6 Å². The van der Waals surface area contributed by atoms with Crippen LogP contribution in [0.4, 0.5) is 0 Å². The molecule has 4 heteroatoms. The number of likely N-dealkylation sites (tertiary alicyclic amines) is 1. The van der Waals surface area contributed by atoms with Gasteiger partial charge in [0, 0.05) is 18.5 Å². The molecule has 1 saturated carbocycles. The number of aliphatic hydroxyl groups is 1. The van der Waals surface area contributed by atoms with Crippen LogP contribution in [0.5, 0.6) is 5.75 Å². The number of nitrogens with zero attached hydrogens (tertiary/aromatic N) is 1. The highest BCUT2D eigenvalue weighted by molar-refractivity contribution is 5.92. The molecule has 0 bridgehead atoms. The lowest BCUT2D eigenvalue weighted by Crippen LogP contribution is -2.56. The fraction of sp³-hybridized carbons (Fsp3) is 0.400. The number of rotatable bonds is 4. The van der Waals surface area contributed by atoms with E-state index in [1.165, 1.54) is 0 Å². The lowest BCUT2D eigenvalue weighted by molar-refractivity contribution is -0.150. The smallest absolute Gasteiger partial charge is 0.247 e. The lowest BCUT2D eigenvalue weighted by atomic mass is 9.66. The summed E-state index contributed by atoms with van der Waals surface area (Å²) in [7, 11) is 1.65. The number of benzene rings is 2. The van der Waals surface area contributed by atoms with Gasteiger partial charge in [-0.3, -0.25) is 4.79 Å². The standard InChI is InChI=1S/C25H29NO3/c1-29-21-13-11-20(12-14-21)24-22-9-5-6-16-25(22,28)17-18-26(24)23(27)15-10-19-7-3-2-4-8-19/h2-4,7-8,10-15,22,24,28H,5-6,9,16-18H2,1H3/b15-10+/t22-,24-,25+/m1/s1. The minimum absolute atomic E-state index is 0.00212. The molecule has 0 spiro atoms. The third kappa shape index (κ3) is 4.08. The minimum Gasteiger partial charge on any atom is -0.497 e. The molecule has 152 valence electrons. The van der Waals surface area contributed by atoms with E-state index in [2.05, 4.69) is 0 Å². The van der Waals surface area contributed by atoms with E-state index in [9.17, 15) is 9.90 Å². The first-order chi connectivity index (χ1) is 14.1. The van der Waals surface area contributed by atoms with Crippen LogP contribution >= 0.6 is 0 Å².